The van der Waals surface area contributed by atoms with Crippen LogP contribution in [0.25, 0.3) is 10.2 Å². The Morgan fingerprint density at radius 2 is 1.89 bits per heavy atom. The molecule has 0 aliphatic heterocycles. The lowest BCUT2D eigenvalue weighted by atomic mass is 10.1. The normalized spacial score (nSPS) is 16.5. The monoisotopic (exact) mass is 432 g/mol. The summed E-state index contributed by atoms with van der Waals surface area (Å²) < 4.78 is 26.0. The van der Waals surface area contributed by atoms with Gasteiger partial charge in [0.15, 0.2) is 0 Å². The summed E-state index contributed by atoms with van der Waals surface area (Å²) in [6, 6.07) is 2.49. The highest BCUT2D eigenvalue weighted by molar-refractivity contribution is 7.89. The van der Waals surface area contributed by atoms with E-state index >= 15 is 0 Å². The molecule has 6 nitrogen and oxygen atoms in total. The molecule has 2 heterocycles. The van der Waals surface area contributed by atoms with Crippen molar-refractivity contribution in [2.75, 3.05) is 12.4 Å². The first-order valence-electron chi connectivity index (χ1n) is 9.33. The average Bonchev–Trinajstić information content (AvgIpc) is 2.83. The molecule has 0 spiro atoms. The molecule has 0 aromatic carbocycles. The standard InChI is InChI=1S/C18H28N4O2S2.ClH/c1-13(2)26(23,24)22(3)11-15-10-16-17(19-12-20-18(16)25-15)21-14-8-6-4-5-7-9-14;/h10,12-14H,4-9,11H2,1-3H3,(H,19,20,21);1H. The molecule has 0 saturated heterocycles. The van der Waals surface area contributed by atoms with E-state index in [1.54, 1.807) is 27.2 Å². The van der Waals surface area contributed by atoms with Crippen molar-refractivity contribution in [1.82, 2.24) is 14.3 Å². The Labute approximate surface area is 172 Å². The molecule has 2 aromatic heterocycles. The van der Waals surface area contributed by atoms with Crippen molar-refractivity contribution in [3.63, 3.8) is 0 Å². The van der Waals surface area contributed by atoms with E-state index in [2.05, 4.69) is 15.3 Å². The number of anilines is 1. The SMILES string of the molecule is CC(C)S(=O)(=O)N(C)Cc1cc2c(NC3CCCCCC3)ncnc2s1.Cl. The third kappa shape index (κ3) is 5.31. The van der Waals surface area contributed by atoms with E-state index in [-0.39, 0.29) is 12.4 Å². The number of nitrogens with zero attached hydrogens (tertiary/aromatic N) is 3. The molecule has 0 radical (unpaired) electrons. The molecular weight excluding hydrogens is 404 g/mol. The Bertz CT molecular complexity index is 846. The average molecular weight is 433 g/mol. The van der Waals surface area contributed by atoms with Gasteiger partial charge in [0, 0.05) is 24.5 Å². The highest BCUT2D eigenvalue weighted by atomic mass is 35.5. The summed E-state index contributed by atoms with van der Waals surface area (Å²) in [5.41, 5.74) is 0. The fourth-order valence-electron chi connectivity index (χ4n) is 3.38. The van der Waals surface area contributed by atoms with Crippen LogP contribution in [-0.4, -0.2) is 41.0 Å². The zero-order valence-electron chi connectivity index (χ0n) is 16.1. The summed E-state index contributed by atoms with van der Waals surface area (Å²) in [4.78, 5) is 10.7. The van der Waals surface area contributed by atoms with Gasteiger partial charge in [0.25, 0.3) is 0 Å². The van der Waals surface area contributed by atoms with Crippen LogP contribution in [0.5, 0.6) is 0 Å². The second-order valence-electron chi connectivity index (χ2n) is 7.34. The quantitative estimate of drug-likeness (QED) is 0.684. The van der Waals surface area contributed by atoms with Crippen molar-refractivity contribution in [2.45, 2.75) is 70.2 Å². The molecule has 0 amide bonds. The Morgan fingerprint density at radius 3 is 2.52 bits per heavy atom. The van der Waals surface area contributed by atoms with Crippen molar-refractivity contribution >= 4 is 49.8 Å². The second kappa shape index (κ2) is 9.49. The number of rotatable bonds is 6. The molecule has 152 valence electrons. The van der Waals surface area contributed by atoms with E-state index in [9.17, 15) is 8.42 Å². The van der Waals surface area contributed by atoms with Gasteiger partial charge in [0.2, 0.25) is 10.0 Å². The summed E-state index contributed by atoms with van der Waals surface area (Å²) in [5, 5.41) is 4.17. The van der Waals surface area contributed by atoms with E-state index in [1.165, 1.54) is 54.2 Å². The van der Waals surface area contributed by atoms with Crippen molar-refractivity contribution in [2.24, 2.45) is 0 Å². The Morgan fingerprint density at radius 1 is 1.22 bits per heavy atom. The van der Waals surface area contributed by atoms with E-state index in [1.807, 2.05) is 6.07 Å². The minimum Gasteiger partial charge on any atom is -0.367 e. The first-order chi connectivity index (χ1) is 12.4. The van der Waals surface area contributed by atoms with Crippen LogP contribution in [0.4, 0.5) is 5.82 Å². The van der Waals surface area contributed by atoms with Crippen LogP contribution in [0.3, 0.4) is 0 Å². The lowest BCUT2D eigenvalue weighted by molar-refractivity contribution is 0.462. The summed E-state index contributed by atoms with van der Waals surface area (Å²) >= 11 is 1.54. The van der Waals surface area contributed by atoms with E-state index in [0.717, 1.165) is 20.9 Å². The Balaban J connectivity index is 0.00000261. The summed E-state index contributed by atoms with van der Waals surface area (Å²) in [6.45, 7) is 3.78. The van der Waals surface area contributed by atoms with Crippen LogP contribution < -0.4 is 5.32 Å². The zero-order chi connectivity index (χ0) is 18.7. The molecule has 3 rings (SSSR count). The topological polar surface area (TPSA) is 75.2 Å². The third-order valence-corrected chi connectivity index (χ3v) is 8.20. The zero-order valence-corrected chi connectivity index (χ0v) is 18.6. The minimum atomic E-state index is -3.26. The van der Waals surface area contributed by atoms with Gasteiger partial charge >= 0.3 is 0 Å². The fraction of sp³-hybridized carbons (Fsp3) is 0.667. The van der Waals surface area contributed by atoms with Gasteiger partial charge in [-0.25, -0.2) is 18.4 Å². The number of hydrogen-bond donors (Lipinski definition) is 1. The molecule has 1 N–H and O–H groups in total. The largest absolute Gasteiger partial charge is 0.367 e. The Hall–Kier alpha value is -0.960. The highest BCUT2D eigenvalue weighted by Crippen LogP contribution is 2.31. The van der Waals surface area contributed by atoms with Gasteiger partial charge in [-0.2, -0.15) is 4.31 Å². The molecule has 0 bridgehead atoms. The van der Waals surface area contributed by atoms with Gasteiger partial charge in [-0.3, -0.25) is 0 Å². The van der Waals surface area contributed by atoms with Gasteiger partial charge in [-0.05, 0) is 32.8 Å². The molecule has 1 aliphatic rings. The number of aromatic nitrogens is 2. The van der Waals surface area contributed by atoms with Crippen molar-refractivity contribution in [1.29, 1.82) is 0 Å². The van der Waals surface area contributed by atoms with E-state index < -0.39 is 15.3 Å². The maximum absolute atomic E-state index is 12.3. The lowest BCUT2D eigenvalue weighted by Gasteiger charge is -2.18. The second-order valence-corrected chi connectivity index (χ2v) is 11.0. The van der Waals surface area contributed by atoms with Gasteiger partial charge in [0.1, 0.15) is 17.0 Å². The van der Waals surface area contributed by atoms with E-state index in [4.69, 9.17) is 0 Å². The molecule has 1 saturated carbocycles. The van der Waals surface area contributed by atoms with Gasteiger partial charge in [-0.1, -0.05) is 25.7 Å². The molecular formula is C18H29ClN4O2S2. The Kier molecular flexibility index (Phi) is 7.85. The van der Waals surface area contributed by atoms with Crippen LogP contribution in [0.2, 0.25) is 0 Å². The van der Waals surface area contributed by atoms with Crippen LogP contribution >= 0.6 is 23.7 Å². The van der Waals surface area contributed by atoms with Crippen LogP contribution in [0.15, 0.2) is 12.4 Å². The van der Waals surface area contributed by atoms with Crippen LogP contribution in [0, 0.1) is 0 Å². The fourth-order valence-corrected chi connectivity index (χ4v) is 5.55. The lowest BCUT2D eigenvalue weighted by Crippen LogP contribution is -2.32. The smallest absolute Gasteiger partial charge is 0.216 e. The van der Waals surface area contributed by atoms with Gasteiger partial charge in [0.05, 0.1) is 10.6 Å². The van der Waals surface area contributed by atoms with Crippen LogP contribution in [-0.2, 0) is 16.6 Å². The maximum atomic E-state index is 12.3. The molecule has 0 unspecified atom stereocenters. The number of halogens is 1. The number of thiophene rings is 1. The molecule has 27 heavy (non-hydrogen) atoms. The van der Waals surface area contributed by atoms with E-state index in [0.29, 0.717) is 12.6 Å². The predicted octanol–water partition coefficient (Wildman–Crippen LogP) is 4.42. The summed E-state index contributed by atoms with van der Waals surface area (Å²) in [5.74, 6) is 0.874. The summed E-state index contributed by atoms with van der Waals surface area (Å²) in [6.07, 6.45) is 9.11. The number of fused-ring (bicyclic) bond motifs is 1. The highest BCUT2D eigenvalue weighted by Gasteiger charge is 2.23. The van der Waals surface area contributed by atoms with Crippen molar-refractivity contribution in [3.05, 3.63) is 17.3 Å². The van der Waals surface area contributed by atoms with Gasteiger partial charge in [-0.15, -0.1) is 23.7 Å². The number of hydrogen-bond acceptors (Lipinski definition) is 6. The maximum Gasteiger partial charge on any atom is 0.216 e. The molecule has 1 fully saturated rings. The minimum absolute atomic E-state index is 0. The third-order valence-electron chi connectivity index (χ3n) is 4.99. The number of sulfonamides is 1. The molecule has 2 aromatic rings. The van der Waals surface area contributed by atoms with Gasteiger partial charge < -0.3 is 5.32 Å². The van der Waals surface area contributed by atoms with Crippen molar-refractivity contribution < 1.29 is 8.42 Å². The first kappa shape index (κ1) is 22.3. The van der Waals surface area contributed by atoms with Crippen LogP contribution in [0.1, 0.15) is 57.2 Å². The molecule has 9 heteroatoms. The molecule has 0 atom stereocenters. The first-order valence-corrected chi connectivity index (χ1v) is 11.6. The number of nitrogens with one attached hydrogen (secondary N) is 1. The van der Waals surface area contributed by atoms with Crippen molar-refractivity contribution in [3.8, 4) is 0 Å². The summed E-state index contributed by atoms with van der Waals surface area (Å²) in [7, 11) is -1.63. The molecule has 1 aliphatic carbocycles. The predicted molar refractivity (Wildman–Crippen MR) is 115 cm³/mol.